The van der Waals surface area contributed by atoms with Gasteiger partial charge in [-0.25, -0.2) is 4.98 Å². The van der Waals surface area contributed by atoms with Gasteiger partial charge in [-0.15, -0.1) is 11.3 Å². The van der Waals surface area contributed by atoms with Crippen LogP contribution in [0.15, 0.2) is 35.2 Å². The van der Waals surface area contributed by atoms with Gasteiger partial charge in [0.15, 0.2) is 10.9 Å². The highest BCUT2D eigenvalue weighted by molar-refractivity contribution is 7.15. The van der Waals surface area contributed by atoms with Crippen LogP contribution in [0.1, 0.15) is 29.9 Å². The molecule has 0 bridgehead atoms. The van der Waals surface area contributed by atoms with E-state index >= 15 is 0 Å². The smallest absolute Gasteiger partial charge is 0.188 e. The predicted molar refractivity (Wildman–Crippen MR) is 131 cm³/mol. The fourth-order valence-electron chi connectivity index (χ4n) is 3.51. The zero-order chi connectivity index (χ0) is 21.8. The Hall–Kier alpha value is -2.42. The summed E-state index contributed by atoms with van der Waals surface area (Å²) in [6, 6.07) is 6.51. The summed E-state index contributed by atoms with van der Waals surface area (Å²) in [7, 11) is 4.12. The first-order valence-electron chi connectivity index (χ1n) is 10.5. The Morgan fingerprint density at radius 2 is 2.10 bits per heavy atom. The average molecular weight is 456 g/mol. The van der Waals surface area contributed by atoms with Gasteiger partial charge in [0.05, 0.1) is 6.61 Å². The monoisotopic (exact) mass is 455 g/mol. The van der Waals surface area contributed by atoms with Crippen LogP contribution in [0.25, 0.3) is 10.9 Å². The minimum absolute atomic E-state index is 0.562. The zero-order valence-electron chi connectivity index (χ0n) is 18.4. The number of anilines is 2. The molecular formula is C23H29N5OS2. The van der Waals surface area contributed by atoms with Crippen LogP contribution in [-0.4, -0.2) is 40.8 Å². The van der Waals surface area contributed by atoms with Crippen molar-refractivity contribution in [2.45, 2.75) is 33.2 Å². The van der Waals surface area contributed by atoms with Crippen LogP contribution in [0.3, 0.4) is 0 Å². The Kier molecular flexibility index (Phi) is 6.89. The third kappa shape index (κ3) is 5.64. The van der Waals surface area contributed by atoms with E-state index in [9.17, 15) is 0 Å². The molecule has 0 saturated heterocycles. The average Bonchev–Trinajstić information content (AvgIpc) is 3.44. The molecule has 0 unspecified atom stereocenters. The summed E-state index contributed by atoms with van der Waals surface area (Å²) in [5.74, 6) is 2.21. The molecule has 3 aromatic heterocycles. The van der Waals surface area contributed by atoms with E-state index in [4.69, 9.17) is 4.74 Å². The first-order valence-corrected chi connectivity index (χ1v) is 12.2. The molecule has 3 heterocycles. The minimum atomic E-state index is 0.562. The van der Waals surface area contributed by atoms with E-state index in [-0.39, 0.29) is 0 Å². The predicted octanol–water partition coefficient (Wildman–Crippen LogP) is 5.71. The van der Waals surface area contributed by atoms with Gasteiger partial charge >= 0.3 is 0 Å². The molecule has 4 aromatic rings. The number of thiophene rings is 1. The molecule has 0 amide bonds. The van der Waals surface area contributed by atoms with Crippen LogP contribution >= 0.6 is 22.7 Å². The molecule has 0 fully saturated rings. The number of ether oxygens (including phenoxy) is 1. The van der Waals surface area contributed by atoms with Gasteiger partial charge in [0.1, 0.15) is 11.3 Å². The van der Waals surface area contributed by atoms with Crippen molar-refractivity contribution in [3.8, 4) is 5.75 Å². The number of benzene rings is 1. The standard InChI is InChI=1S/C23H29N5OS2/c1-15(2)9-17-10-19-21(20(11-17)29-7-5-16-6-8-30-14-16)26-27-22(19)25-23-24-12-18(31-23)13-28(3)4/h6,8,10-12,14-15H,5,7,9,13H2,1-4H3,(H2,24,25,26,27). The molecule has 0 radical (unpaired) electrons. The molecule has 8 heteroatoms. The van der Waals surface area contributed by atoms with E-state index in [0.717, 1.165) is 47.0 Å². The number of hydrogen-bond acceptors (Lipinski definition) is 7. The van der Waals surface area contributed by atoms with Crippen molar-refractivity contribution >= 4 is 44.5 Å². The number of thiazole rings is 1. The lowest BCUT2D eigenvalue weighted by molar-refractivity contribution is 0.325. The second-order valence-electron chi connectivity index (χ2n) is 8.41. The molecule has 1 aromatic carbocycles. The summed E-state index contributed by atoms with van der Waals surface area (Å²) >= 11 is 3.37. The summed E-state index contributed by atoms with van der Waals surface area (Å²) < 4.78 is 6.21. The summed E-state index contributed by atoms with van der Waals surface area (Å²) in [6.45, 7) is 5.98. The second-order valence-corrected chi connectivity index (χ2v) is 10.3. The summed E-state index contributed by atoms with van der Waals surface area (Å²) in [5.41, 5.74) is 3.49. The number of aromatic amines is 1. The number of H-pyrrole nitrogens is 1. The third-order valence-corrected chi connectivity index (χ3v) is 6.45. The first-order chi connectivity index (χ1) is 15.0. The molecule has 2 N–H and O–H groups in total. The van der Waals surface area contributed by atoms with E-state index in [1.165, 1.54) is 16.0 Å². The van der Waals surface area contributed by atoms with Crippen LogP contribution in [-0.2, 0) is 19.4 Å². The van der Waals surface area contributed by atoms with Gasteiger partial charge in [-0.2, -0.15) is 16.4 Å². The Morgan fingerprint density at radius 3 is 2.84 bits per heavy atom. The molecule has 0 aliphatic rings. The van der Waals surface area contributed by atoms with E-state index in [0.29, 0.717) is 12.5 Å². The van der Waals surface area contributed by atoms with Crippen molar-refractivity contribution in [3.05, 3.63) is 51.2 Å². The zero-order valence-corrected chi connectivity index (χ0v) is 20.1. The number of nitrogens with one attached hydrogen (secondary N) is 2. The van der Waals surface area contributed by atoms with Gasteiger partial charge in [0.2, 0.25) is 0 Å². The molecule has 6 nitrogen and oxygen atoms in total. The van der Waals surface area contributed by atoms with Crippen molar-refractivity contribution in [3.63, 3.8) is 0 Å². The molecule has 0 saturated carbocycles. The molecule has 4 rings (SSSR count). The van der Waals surface area contributed by atoms with Gasteiger partial charge in [0, 0.05) is 29.4 Å². The maximum absolute atomic E-state index is 6.21. The van der Waals surface area contributed by atoms with E-state index in [1.807, 2.05) is 6.20 Å². The summed E-state index contributed by atoms with van der Waals surface area (Å²) in [6.07, 6.45) is 3.81. The van der Waals surface area contributed by atoms with Gasteiger partial charge in [-0.3, -0.25) is 5.10 Å². The van der Waals surface area contributed by atoms with Crippen LogP contribution in [0.4, 0.5) is 10.9 Å². The second kappa shape index (κ2) is 9.80. The highest BCUT2D eigenvalue weighted by atomic mass is 32.1. The molecule has 0 aliphatic heterocycles. The van der Waals surface area contributed by atoms with Gasteiger partial charge in [-0.05, 0) is 66.5 Å². The summed E-state index contributed by atoms with van der Waals surface area (Å²) in [5, 5.41) is 17.3. The lowest BCUT2D eigenvalue weighted by atomic mass is 10.0. The Bertz CT molecular complexity index is 1110. The highest BCUT2D eigenvalue weighted by Gasteiger charge is 2.15. The van der Waals surface area contributed by atoms with E-state index in [1.54, 1.807) is 22.7 Å². The van der Waals surface area contributed by atoms with Crippen molar-refractivity contribution < 1.29 is 4.74 Å². The van der Waals surface area contributed by atoms with E-state index < -0.39 is 0 Å². The van der Waals surface area contributed by atoms with Gasteiger partial charge < -0.3 is 15.0 Å². The normalized spacial score (nSPS) is 11.7. The quantitative estimate of drug-likeness (QED) is 0.321. The number of hydrogen-bond donors (Lipinski definition) is 2. The molecule has 164 valence electrons. The SMILES string of the molecule is CC(C)Cc1cc(OCCc2ccsc2)c2[nH]nc(Nc3ncc(CN(C)C)s3)c2c1. The van der Waals surface area contributed by atoms with Crippen molar-refractivity contribution in [1.82, 2.24) is 20.1 Å². The summed E-state index contributed by atoms with van der Waals surface area (Å²) in [4.78, 5) is 7.87. The Labute approximate surface area is 191 Å². The van der Waals surface area contributed by atoms with Crippen molar-refractivity contribution in [2.24, 2.45) is 5.92 Å². The van der Waals surface area contributed by atoms with Crippen LogP contribution in [0, 0.1) is 5.92 Å². The number of rotatable bonds is 10. The van der Waals surface area contributed by atoms with E-state index in [2.05, 4.69) is 82.3 Å². The Balaban J connectivity index is 1.58. The molecule has 31 heavy (non-hydrogen) atoms. The molecular weight excluding hydrogens is 426 g/mol. The first kappa shape index (κ1) is 21.8. The maximum Gasteiger partial charge on any atom is 0.188 e. The van der Waals surface area contributed by atoms with Gasteiger partial charge in [-0.1, -0.05) is 13.8 Å². The van der Waals surface area contributed by atoms with Crippen LogP contribution in [0.5, 0.6) is 5.75 Å². The number of aromatic nitrogens is 3. The fourth-order valence-corrected chi connectivity index (χ4v) is 5.14. The van der Waals surface area contributed by atoms with Crippen LogP contribution in [0.2, 0.25) is 0 Å². The molecule has 0 aliphatic carbocycles. The topological polar surface area (TPSA) is 66.1 Å². The lowest BCUT2D eigenvalue weighted by Gasteiger charge is -2.11. The number of fused-ring (bicyclic) bond motifs is 1. The Morgan fingerprint density at radius 1 is 1.23 bits per heavy atom. The van der Waals surface area contributed by atoms with Gasteiger partial charge in [0.25, 0.3) is 0 Å². The molecule has 0 spiro atoms. The largest absolute Gasteiger partial charge is 0.491 e. The maximum atomic E-state index is 6.21. The third-order valence-electron chi connectivity index (χ3n) is 4.82. The fraction of sp³-hybridized carbons (Fsp3) is 0.391. The lowest BCUT2D eigenvalue weighted by Crippen LogP contribution is -2.09. The van der Waals surface area contributed by atoms with Crippen molar-refractivity contribution in [2.75, 3.05) is 26.0 Å². The van der Waals surface area contributed by atoms with Crippen molar-refractivity contribution in [1.29, 1.82) is 0 Å². The minimum Gasteiger partial charge on any atom is -0.491 e. The highest BCUT2D eigenvalue weighted by Crippen LogP contribution is 2.34. The van der Waals surface area contributed by atoms with Crippen LogP contribution < -0.4 is 10.1 Å². The molecule has 0 atom stereocenters. The number of nitrogens with zero attached hydrogens (tertiary/aromatic N) is 3.